The van der Waals surface area contributed by atoms with Crippen molar-refractivity contribution in [3.05, 3.63) is 76.2 Å². The maximum Gasteiger partial charge on any atom is 0.445 e. The van der Waals surface area contributed by atoms with E-state index >= 15 is 0 Å². The topological polar surface area (TPSA) is 134 Å². The number of para-hydroxylation sites is 1. The summed E-state index contributed by atoms with van der Waals surface area (Å²) >= 11 is 0. The second-order valence-electron chi connectivity index (χ2n) is 6.61. The van der Waals surface area contributed by atoms with Crippen LogP contribution >= 0.6 is 0 Å². The van der Waals surface area contributed by atoms with Crippen LogP contribution in [0.5, 0.6) is 6.01 Å². The Labute approximate surface area is 171 Å². The number of benzene rings is 2. The van der Waals surface area contributed by atoms with Gasteiger partial charge in [-0.1, -0.05) is 48.5 Å². The van der Waals surface area contributed by atoms with Gasteiger partial charge in [-0.15, -0.1) is 4.98 Å². The van der Waals surface area contributed by atoms with Crippen LogP contribution in [-0.2, 0) is 27.8 Å². The minimum Gasteiger partial charge on any atom is -0.458 e. The van der Waals surface area contributed by atoms with Crippen LogP contribution in [0.15, 0.2) is 59.4 Å². The average molecular weight is 430 g/mol. The van der Waals surface area contributed by atoms with Crippen LogP contribution in [0.3, 0.4) is 0 Å². The van der Waals surface area contributed by atoms with Gasteiger partial charge in [-0.25, -0.2) is 19.8 Å². The first-order valence-corrected chi connectivity index (χ1v) is 10.5. The minimum absolute atomic E-state index is 0.0617. The van der Waals surface area contributed by atoms with Crippen molar-refractivity contribution in [2.75, 3.05) is 10.8 Å². The van der Waals surface area contributed by atoms with Gasteiger partial charge in [0.2, 0.25) is 0 Å². The summed E-state index contributed by atoms with van der Waals surface area (Å²) in [5.74, 6) is 0. The number of ether oxygens (including phenoxy) is 2. The Morgan fingerprint density at radius 2 is 1.83 bits per heavy atom. The van der Waals surface area contributed by atoms with E-state index in [0.717, 1.165) is 4.31 Å². The van der Waals surface area contributed by atoms with Gasteiger partial charge in [-0.2, -0.15) is 8.42 Å². The Kier molecular flexibility index (Phi) is 5.27. The molecule has 0 saturated carbocycles. The molecule has 0 spiro atoms. The molecule has 0 bridgehead atoms. The first kappa shape index (κ1) is 19.7. The van der Waals surface area contributed by atoms with Gasteiger partial charge in [0, 0.05) is 6.42 Å². The van der Waals surface area contributed by atoms with Crippen LogP contribution in [0, 0.1) is 0 Å². The fraction of sp³-hybridized carbons (Fsp3) is 0.211. The summed E-state index contributed by atoms with van der Waals surface area (Å²) in [7, 11) is -4.47. The number of rotatable bonds is 5. The first-order valence-electron chi connectivity index (χ1n) is 9.06. The van der Waals surface area contributed by atoms with Gasteiger partial charge in [0.1, 0.15) is 12.7 Å². The van der Waals surface area contributed by atoms with E-state index in [1.807, 2.05) is 0 Å². The summed E-state index contributed by atoms with van der Waals surface area (Å²) in [6, 6.07) is 15.5. The molecule has 4 rings (SSSR count). The zero-order valence-electron chi connectivity index (χ0n) is 15.6. The number of hydrogen-bond donors (Lipinski definition) is 2. The lowest BCUT2D eigenvalue weighted by Crippen LogP contribution is -2.47. The van der Waals surface area contributed by atoms with Crippen LogP contribution in [-0.4, -0.2) is 41.5 Å². The highest BCUT2D eigenvalue weighted by Gasteiger charge is 2.39. The van der Waals surface area contributed by atoms with Crippen molar-refractivity contribution in [3.8, 4) is 6.01 Å². The van der Waals surface area contributed by atoms with Crippen LogP contribution in [0.2, 0.25) is 0 Å². The predicted molar refractivity (Wildman–Crippen MR) is 107 cm³/mol. The molecule has 11 heteroatoms. The summed E-state index contributed by atoms with van der Waals surface area (Å²) in [5, 5.41) is 3.36. The van der Waals surface area contributed by atoms with E-state index < -0.39 is 27.1 Å². The highest BCUT2D eigenvalue weighted by molar-refractivity contribution is 8.06. The Bertz CT molecular complexity index is 1200. The SMILES string of the molecule is O=C(OCc1ccccc1)S(=O)(=O)N1C[C@H](Oc2nc(=O)[nH][nH]2)Cc2ccccc21. The molecule has 1 aliphatic heterocycles. The number of carbonyl (C=O) groups excluding carboxylic acids is 1. The van der Waals surface area contributed by atoms with E-state index in [1.165, 1.54) is 0 Å². The number of aromatic nitrogens is 3. The molecule has 1 aromatic heterocycles. The van der Waals surface area contributed by atoms with Gasteiger partial charge >= 0.3 is 27.0 Å². The fourth-order valence-electron chi connectivity index (χ4n) is 3.18. The molecule has 10 nitrogen and oxygen atoms in total. The van der Waals surface area contributed by atoms with Crippen molar-refractivity contribution in [2.24, 2.45) is 0 Å². The highest BCUT2D eigenvalue weighted by atomic mass is 32.2. The molecule has 1 aliphatic rings. The van der Waals surface area contributed by atoms with E-state index in [2.05, 4.69) is 15.2 Å². The van der Waals surface area contributed by atoms with E-state index in [9.17, 15) is 18.0 Å². The number of hydrogen-bond acceptors (Lipinski definition) is 7. The van der Waals surface area contributed by atoms with Crippen LogP contribution in [0.4, 0.5) is 10.5 Å². The number of anilines is 1. The molecule has 2 aromatic carbocycles. The highest BCUT2D eigenvalue weighted by Crippen LogP contribution is 2.31. The van der Waals surface area contributed by atoms with Crippen molar-refractivity contribution in [1.29, 1.82) is 0 Å². The smallest absolute Gasteiger partial charge is 0.445 e. The minimum atomic E-state index is -4.47. The normalized spacial score (nSPS) is 16.0. The number of carbonyl (C=O) groups is 1. The van der Waals surface area contributed by atoms with E-state index in [0.29, 0.717) is 23.2 Å². The number of nitrogens with zero attached hydrogens (tertiary/aromatic N) is 2. The molecule has 2 N–H and O–H groups in total. The van der Waals surface area contributed by atoms with Crippen molar-refractivity contribution in [3.63, 3.8) is 0 Å². The van der Waals surface area contributed by atoms with Crippen LogP contribution in [0.25, 0.3) is 0 Å². The van der Waals surface area contributed by atoms with E-state index in [4.69, 9.17) is 9.47 Å². The third kappa shape index (κ3) is 4.06. The maximum atomic E-state index is 13.0. The second-order valence-corrected chi connectivity index (χ2v) is 8.33. The summed E-state index contributed by atoms with van der Waals surface area (Å²) < 4.78 is 37.6. The third-order valence-corrected chi connectivity index (χ3v) is 6.00. The molecule has 156 valence electrons. The lowest BCUT2D eigenvalue weighted by molar-refractivity contribution is 0.165. The largest absolute Gasteiger partial charge is 0.458 e. The van der Waals surface area contributed by atoms with Gasteiger partial charge in [-0.3, -0.25) is 4.31 Å². The van der Waals surface area contributed by atoms with E-state index in [1.54, 1.807) is 54.6 Å². The second kappa shape index (κ2) is 8.03. The standard InChI is InChI=1S/C19H18N4O6S/c24-17-20-18(22-21-17)29-15-10-14-8-4-5-9-16(14)23(11-15)30(26,27)19(25)28-12-13-6-2-1-3-7-13/h1-9,15H,10-12H2,(H2,20,21,22,24)/t15-/m1/s1. The van der Waals surface area contributed by atoms with Crippen LogP contribution in [0.1, 0.15) is 11.1 Å². The van der Waals surface area contributed by atoms with Gasteiger partial charge in [-0.05, 0) is 17.2 Å². The number of aromatic amines is 2. The Morgan fingerprint density at radius 1 is 1.10 bits per heavy atom. The summed E-state index contributed by atoms with van der Waals surface area (Å²) in [5.41, 5.74) is 1.11. The summed E-state index contributed by atoms with van der Waals surface area (Å²) in [4.78, 5) is 27.2. The molecule has 0 fully saturated rings. The lowest BCUT2D eigenvalue weighted by atomic mass is 10.0. The Hall–Kier alpha value is -3.60. The zero-order chi connectivity index (χ0) is 21.1. The number of sulfonamides is 1. The summed E-state index contributed by atoms with van der Waals surface area (Å²) in [6.45, 7) is -0.308. The van der Waals surface area contributed by atoms with Crippen molar-refractivity contribution in [2.45, 2.75) is 19.1 Å². The molecule has 2 heterocycles. The van der Waals surface area contributed by atoms with Crippen molar-refractivity contribution in [1.82, 2.24) is 15.2 Å². The van der Waals surface area contributed by atoms with Crippen molar-refractivity contribution >= 4 is 21.0 Å². The molecular formula is C19H18N4O6S. The number of H-pyrrole nitrogens is 2. The van der Waals surface area contributed by atoms with Crippen molar-refractivity contribution < 1.29 is 22.7 Å². The van der Waals surface area contributed by atoms with Gasteiger partial charge in [0.05, 0.1) is 12.2 Å². The predicted octanol–water partition coefficient (Wildman–Crippen LogP) is 1.57. The molecule has 0 unspecified atom stereocenters. The molecule has 3 aromatic rings. The Morgan fingerprint density at radius 3 is 2.57 bits per heavy atom. The number of fused-ring (bicyclic) bond motifs is 1. The fourth-order valence-corrected chi connectivity index (χ4v) is 4.36. The molecular weight excluding hydrogens is 412 g/mol. The molecule has 0 radical (unpaired) electrons. The molecule has 1 atom stereocenters. The molecule has 0 amide bonds. The number of nitrogens with one attached hydrogen (secondary N) is 2. The maximum absolute atomic E-state index is 13.0. The van der Waals surface area contributed by atoms with Gasteiger partial charge in [0.15, 0.2) is 0 Å². The third-order valence-electron chi connectivity index (χ3n) is 4.54. The zero-order valence-corrected chi connectivity index (χ0v) is 16.5. The van der Waals surface area contributed by atoms with Gasteiger partial charge in [0.25, 0.3) is 0 Å². The first-order chi connectivity index (χ1) is 14.4. The quantitative estimate of drug-likeness (QED) is 0.587. The molecule has 0 aliphatic carbocycles. The lowest BCUT2D eigenvalue weighted by Gasteiger charge is -2.33. The monoisotopic (exact) mass is 430 g/mol. The molecule has 30 heavy (non-hydrogen) atoms. The van der Waals surface area contributed by atoms with Crippen LogP contribution < -0.4 is 14.7 Å². The average Bonchev–Trinajstić information content (AvgIpc) is 3.16. The van der Waals surface area contributed by atoms with Gasteiger partial charge < -0.3 is 9.47 Å². The summed E-state index contributed by atoms with van der Waals surface area (Å²) in [6.07, 6.45) is -0.300. The van der Waals surface area contributed by atoms with E-state index in [-0.39, 0.29) is 19.2 Å². The molecule has 0 saturated heterocycles. The Balaban J connectivity index is 1.56.